The van der Waals surface area contributed by atoms with Gasteiger partial charge in [-0.25, -0.2) is 9.18 Å². The molecule has 0 saturated heterocycles. The first kappa shape index (κ1) is 15.4. The summed E-state index contributed by atoms with van der Waals surface area (Å²) in [5, 5.41) is 2.32. The van der Waals surface area contributed by atoms with Crippen LogP contribution in [-0.4, -0.2) is 15.0 Å². The lowest BCUT2D eigenvalue weighted by molar-refractivity contribution is 0.102. The molecule has 21 heavy (non-hydrogen) atoms. The van der Waals surface area contributed by atoms with Crippen LogP contribution >= 0.6 is 22.6 Å². The highest BCUT2D eigenvalue weighted by Gasteiger charge is 2.16. The third-order valence-corrected chi connectivity index (χ3v) is 3.54. The monoisotopic (exact) mass is 403 g/mol. The Morgan fingerprint density at radius 2 is 1.95 bits per heavy atom. The minimum atomic E-state index is -0.772. The largest absolute Gasteiger partial charge is 0.330 e. The zero-order valence-corrected chi connectivity index (χ0v) is 13.3. The molecule has 0 unspecified atom stereocenters. The molecule has 110 valence electrons. The molecule has 0 aliphatic rings. The second kappa shape index (κ2) is 5.80. The van der Waals surface area contributed by atoms with E-state index in [1.807, 2.05) is 22.6 Å². The average Bonchev–Trinajstić information content (AvgIpc) is 2.43. The van der Waals surface area contributed by atoms with Crippen LogP contribution in [-0.2, 0) is 14.1 Å². The van der Waals surface area contributed by atoms with Crippen LogP contribution in [0.25, 0.3) is 0 Å². The molecule has 2 rings (SSSR count). The maximum absolute atomic E-state index is 13.7. The van der Waals surface area contributed by atoms with E-state index in [-0.39, 0.29) is 11.3 Å². The van der Waals surface area contributed by atoms with Crippen molar-refractivity contribution in [2.24, 2.45) is 14.1 Å². The third kappa shape index (κ3) is 3.04. The van der Waals surface area contributed by atoms with E-state index < -0.39 is 23.0 Å². The fraction of sp³-hybridized carbons (Fsp3) is 0.154. The Morgan fingerprint density at radius 1 is 1.29 bits per heavy atom. The number of aryl methyl sites for hydroxylation is 1. The first-order chi connectivity index (χ1) is 9.81. The molecule has 0 aliphatic heterocycles. The van der Waals surface area contributed by atoms with E-state index in [0.717, 1.165) is 15.3 Å². The van der Waals surface area contributed by atoms with Crippen molar-refractivity contribution in [3.8, 4) is 0 Å². The Bertz CT molecular complexity index is 842. The first-order valence-electron chi connectivity index (χ1n) is 5.84. The van der Waals surface area contributed by atoms with Crippen LogP contribution in [0.1, 0.15) is 10.4 Å². The maximum atomic E-state index is 13.7. The fourth-order valence-electron chi connectivity index (χ4n) is 1.74. The van der Waals surface area contributed by atoms with E-state index in [0.29, 0.717) is 3.57 Å². The van der Waals surface area contributed by atoms with Crippen LogP contribution in [0.5, 0.6) is 0 Å². The van der Waals surface area contributed by atoms with Gasteiger partial charge in [0.1, 0.15) is 11.4 Å². The molecule has 0 spiro atoms. The van der Waals surface area contributed by atoms with E-state index in [4.69, 9.17) is 0 Å². The fourth-order valence-corrected chi connectivity index (χ4v) is 2.20. The predicted molar refractivity (Wildman–Crippen MR) is 84.0 cm³/mol. The quantitative estimate of drug-likeness (QED) is 0.763. The molecule has 6 nitrogen and oxygen atoms in total. The number of hydrogen-bond acceptors (Lipinski definition) is 3. The van der Waals surface area contributed by atoms with E-state index in [9.17, 15) is 18.8 Å². The van der Waals surface area contributed by atoms with Gasteiger partial charge >= 0.3 is 5.69 Å². The van der Waals surface area contributed by atoms with Crippen molar-refractivity contribution in [3.05, 3.63) is 60.2 Å². The number of nitrogens with one attached hydrogen (secondary N) is 1. The molecule has 1 N–H and O–H groups in total. The zero-order chi connectivity index (χ0) is 15.7. The number of carbonyl (C=O) groups excluding carboxylic acids is 1. The van der Waals surface area contributed by atoms with Gasteiger partial charge in [0.25, 0.3) is 11.5 Å². The summed E-state index contributed by atoms with van der Waals surface area (Å²) in [5.74, 6) is -1.37. The minimum Gasteiger partial charge on any atom is -0.319 e. The summed E-state index contributed by atoms with van der Waals surface area (Å²) in [6.07, 6.45) is 1.13. The molecule has 1 aromatic heterocycles. The van der Waals surface area contributed by atoms with Gasteiger partial charge in [-0.3, -0.25) is 14.2 Å². The minimum absolute atomic E-state index is 0.0312. The Balaban J connectivity index is 2.42. The lowest BCUT2D eigenvalue weighted by Crippen LogP contribution is -2.40. The second-order valence-electron chi connectivity index (χ2n) is 4.38. The SMILES string of the molecule is Cn1cc(C(=O)Nc2ccc(I)cc2F)c(=O)n(C)c1=O. The van der Waals surface area contributed by atoms with Crippen molar-refractivity contribution >= 4 is 34.2 Å². The number of halogens is 2. The molecule has 0 aliphatic carbocycles. The Labute approximate surface area is 132 Å². The molecule has 0 fully saturated rings. The number of carbonyl (C=O) groups is 1. The van der Waals surface area contributed by atoms with E-state index in [2.05, 4.69) is 5.32 Å². The normalized spacial score (nSPS) is 10.5. The molecular weight excluding hydrogens is 392 g/mol. The molecule has 0 bridgehead atoms. The Morgan fingerprint density at radius 3 is 2.57 bits per heavy atom. The van der Waals surface area contributed by atoms with Gasteiger partial charge in [0.2, 0.25) is 0 Å². The molecule has 0 radical (unpaired) electrons. The van der Waals surface area contributed by atoms with Gasteiger partial charge in [-0.2, -0.15) is 0 Å². The highest BCUT2D eigenvalue weighted by Crippen LogP contribution is 2.17. The van der Waals surface area contributed by atoms with Crippen molar-refractivity contribution in [3.63, 3.8) is 0 Å². The molecule has 0 atom stereocenters. The molecule has 0 saturated carbocycles. The van der Waals surface area contributed by atoms with Crippen LogP contribution in [0.15, 0.2) is 34.0 Å². The molecule has 8 heteroatoms. The molecule has 2 aromatic rings. The predicted octanol–water partition coefficient (Wildman–Crippen LogP) is 1.08. The van der Waals surface area contributed by atoms with Crippen molar-refractivity contribution in [2.75, 3.05) is 5.32 Å². The summed E-state index contributed by atoms with van der Waals surface area (Å²) in [5.41, 5.74) is -1.55. The van der Waals surface area contributed by atoms with Crippen molar-refractivity contribution in [2.45, 2.75) is 0 Å². The maximum Gasteiger partial charge on any atom is 0.330 e. The Kier molecular flexibility index (Phi) is 4.26. The number of aromatic nitrogens is 2. The molecular formula is C13H11FIN3O3. The standard InChI is InChI=1S/C13H11FIN3O3/c1-17-6-8(12(20)18(2)13(17)21)11(19)16-10-4-3-7(15)5-9(10)14/h3-6H,1-2H3,(H,16,19). The van der Waals surface area contributed by atoms with Gasteiger partial charge in [-0.1, -0.05) is 0 Å². The van der Waals surface area contributed by atoms with Crippen molar-refractivity contribution < 1.29 is 9.18 Å². The molecule has 1 aromatic carbocycles. The summed E-state index contributed by atoms with van der Waals surface area (Å²) in [4.78, 5) is 35.5. The highest BCUT2D eigenvalue weighted by atomic mass is 127. The second-order valence-corrected chi connectivity index (χ2v) is 5.62. The Hall–Kier alpha value is -1.97. The zero-order valence-electron chi connectivity index (χ0n) is 11.2. The summed E-state index contributed by atoms with van der Waals surface area (Å²) in [6.45, 7) is 0. The van der Waals surface area contributed by atoms with Gasteiger partial charge < -0.3 is 9.88 Å². The molecule has 1 amide bonds. The highest BCUT2D eigenvalue weighted by molar-refractivity contribution is 14.1. The number of benzene rings is 1. The summed E-state index contributed by atoms with van der Waals surface area (Å²) < 4.78 is 16.3. The number of rotatable bonds is 2. The average molecular weight is 403 g/mol. The number of amides is 1. The van der Waals surface area contributed by atoms with E-state index in [1.165, 1.54) is 26.2 Å². The number of nitrogens with zero attached hydrogens (tertiary/aromatic N) is 2. The lowest BCUT2D eigenvalue weighted by atomic mass is 10.2. The van der Waals surface area contributed by atoms with Gasteiger partial charge in [-0.05, 0) is 40.8 Å². The topological polar surface area (TPSA) is 73.1 Å². The van der Waals surface area contributed by atoms with Gasteiger partial charge in [0, 0.05) is 23.9 Å². The van der Waals surface area contributed by atoms with Crippen LogP contribution < -0.4 is 16.6 Å². The van der Waals surface area contributed by atoms with Gasteiger partial charge in [0.05, 0.1) is 5.69 Å². The third-order valence-electron chi connectivity index (χ3n) is 2.87. The summed E-state index contributed by atoms with van der Waals surface area (Å²) in [7, 11) is 2.69. The smallest absolute Gasteiger partial charge is 0.319 e. The van der Waals surface area contributed by atoms with Crippen LogP contribution in [0.4, 0.5) is 10.1 Å². The van der Waals surface area contributed by atoms with Gasteiger partial charge in [-0.15, -0.1) is 0 Å². The van der Waals surface area contributed by atoms with Crippen LogP contribution in [0.2, 0.25) is 0 Å². The number of hydrogen-bond donors (Lipinski definition) is 1. The van der Waals surface area contributed by atoms with E-state index in [1.54, 1.807) is 6.07 Å². The first-order valence-corrected chi connectivity index (χ1v) is 6.92. The van der Waals surface area contributed by atoms with Crippen LogP contribution in [0.3, 0.4) is 0 Å². The molecule has 1 heterocycles. The number of anilines is 1. The van der Waals surface area contributed by atoms with Crippen molar-refractivity contribution in [1.29, 1.82) is 0 Å². The summed E-state index contributed by atoms with van der Waals surface area (Å²) >= 11 is 1.94. The van der Waals surface area contributed by atoms with Crippen molar-refractivity contribution in [1.82, 2.24) is 9.13 Å². The van der Waals surface area contributed by atoms with Gasteiger partial charge in [0.15, 0.2) is 0 Å². The summed E-state index contributed by atoms with van der Waals surface area (Å²) in [6, 6.07) is 4.29. The lowest BCUT2D eigenvalue weighted by Gasteiger charge is -2.08. The van der Waals surface area contributed by atoms with E-state index >= 15 is 0 Å². The van der Waals surface area contributed by atoms with Crippen LogP contribution in [0, 0.1) is 9.39 Å².